The van der Waals surface area contributed by atoms with E-state index in [2.05, 4.69) is 4.74 Å². The average molecular weight is 219 g/mol. The van der Waals surface area contributed by atoms with E-state index < -0.39 is 18.2 Å². The second kappa shape index (κ2) is 5.55. The number of nitrogens with zero attached hydrogens (tertiary/aromatic N) is 1. The van der Waals surface area contributed by atoms with Crippen LogP contribution in [0.4, 0.5) is 4.79 Å². The summed E-state index contributed by atoms with van der Waals surface area (Å²) in [5, 5.41) is 0. The lowest BCUT2D eigenvalue weighted by Crippen LogP contribution is -2.39. The number of hydrogen-bond donors (Lipinski definition) is 1. The molecule has 0 bridgehead atoms. The Balaban J connectivity index is 3.79. The predicted octanol–water partition coefficient (Wildman–Crippen LogP) is -0.280. The number of amides is 1. The molecule has 0 aliphatic rings. The van der Waals surface area contributed by atoms with Crippen LogP contribution < -0.4 is 5.73 Å². The van der Waals surface area contributed by atoms with Gasteiger partial charge < -0.3 is 19.7 Å². The first-order valence-electron chi connectivity index (χ1n) is 4.65. The Morgan fingerprint density at radius 1 is 1.33 bits per heavy atom. The molecular formula is C9H19N2O4+. The molecule has 0 aromatic carbocycles. The summed E-state index contributed by atoms with van der Waals surface area (Å²) >= 11 is 0. The van der Waals surface area contributed by atoms with Crippen LogP contribution in [-0.4, -0.2) is 56.9 Å². The molecule has 0 aliphatic carbocycles. The van der Waals surface area contributed by atoms with Crippen molar-refractivity contribution < 1.29 is 23.5 Å². The quantitative estimate of drug-likeness (QED) is 0.509. The topological polar surface area (TPSA) is 78.6 Å². The van der Waals surface area contributed by atoms with Gasteiger partial charge >= 0.3 is 12.1 Å². The highest BCUT2D eigenvalue weighted by molar-refractivity contribution is 5.77. The summed E-state index contributed by atoms with van der Waals surface area (Å²) in [5.41, 5.74) is 4.76. The van der Waals surface area contributed by atoms with Gasteiger partial charge in [-0.05, 0) is 6.92 Å². The van der Waals surface area contributed by atoms with E-state index in [4.69, 9.17) is 10.5 Å². The van der Waals surface area contributed by atoms with E-state index in [1.54, 1.807) is 0 Å². The molecule has 0 radical (unpaired) electrons. The van der Waals surface area contributed by atoms with E-state index in [0.29, 0.717) is 11.0 Å². The lowest BCUT2D eigenvalue weighted by atomic mass is 10.4. The highest BCUT2D eigenvalue weighted by Gasteiger charge is 2.18. The van der Waals surface area contributed by atoms with Crippen molar-refractivity contribution in [3.63, 3.8) is 0 Å². The van der Waals surface area contributed by atoms with Crippen molar-refractivity contribution in [3.8, 4) is 0 Å². The lowest BCUT2D eigenvalue weighted by molar-refractivity contribution is -0.870. The van der Waals surface area contributed by atoms with Crippen molar-refractivity contribution in [2.45, 2.75) is 13.0 Å². The second-order valence-electron chi connectivity index (χ2n) is 4.26. The van der Waals surface area contributed by atoms with Crippen LogP contribution in [0, 0.1) is 0 Å². The maximum Gasteiger partial charge on any atom is 0.405 e. The van der Waals surface area contributed by atoms with Crippen molar-refractivity contribution in [2.75, 3.05) is 34.3 Å². The summed E-state index contributed by atoms with van der Waals surface area (Å²) < 4.78 is 10.0. The number of hydrogen-bond acceptors (Lipinski definition) is 4. The van der Waals surface area contributed by atoms with Crippen LogP contribution >= 0.6 is 0 Å². The summed E-state index contributed by atoms with van der Waals surface area (Å²) in [7, 11) is 5.95. The molecule has 6 heteroatoms. The fourth-order valence-electron chi connectivity index (χ4n) is 0.760. The molecule has 1 atom stereocenters. The molecule has 88 valence electrons. The fourth-order valence-corrected chi connectivity index (χ4v) is 0.760. The molecule has 0 saturated heterocycles. The monoisotopic (exact) mass is 219 g/mol. The molecule has 0 saturated carbocycles. The van der Waals surface area contributed by atoms with Crippen LogP contribution in [0.15, 0.2) is 0 Å². The Bertz CT molecular complexity index is 235. The fraction of sp³-hybridized carbons (Fsp3) is 0.778. The van der Waals surface area contributed by atoms with Gasteiger partial charge in [-0.25, -0.2) is 9.59 Å². The lowest BCUT2D eigenvalue weighted by Gasteiger charge is -2.23. The van der Waals surface area contributed by atoms with Gasteiger partial charge in [0.2, 0.25) is 0 Å². The molecule has 0 aromatic heterocycles. The zero-order valence-electron chi connectivity index (χ0n) is 9.65. The number of esters is 1. The standard InChI is InChI=1S/C9H18N2O4/c1-7(15-9(10)13)8(12)14-6-5-11(2,3)4/h7H,5-6H2,1-4H3,(H-,10,13)/p+1. The summed E-state index contributed by atoms with van der Waals surface area (Å²) in [4.78, 5) is 21.5. The molecule has 0 spiro atoms. The zero-order valence-corrected chi connectivity index (χ0v) is 9.65. The minimum Gasteiger partial charge on any atom is -0.457 e. The van der Waals surface area contributed by atoms with Gasteiger partial charge in [-0.1, -0.05) is 0 Å². The molecule has 0 heterocycles. The van der Waals surface area contributed by atoms with E-state index in [1.807, 2.05) is 21.1 Å². The zero-order chi connectivity index (χ0) is 12.1. The second-order valence-corrected chi connectivity index (χ2v) is 4.26. The van der Waals surface area contributed by atoms with Gasteiger partial charge in [-0.2, -0.15) is 0 Å². The third-order valence-electron chi connectivity index (χ3n) is 1.63. The number of carbonyl (C=O) groups is 2. The molecule has 0 aromatic rings. The first-order chi connectivity index (χ1) is 6.72. The largest absolute Gasteiger partial charge is 0.457 e. The third-order valence-corrected chi connectivity index (χ3v) is 1.63. The molecule has 1 amide bonds. The average Bonchev–Trinajstić information content (AvgIpc) is 2.00. The van der Waals surface area contributed by atoms with Gasteiger partial charge in [0.05, 0.1) is 21.1 Å². The van der Waals surface area contributed by atoms with Gasteiger partial charge in [0.25, 0.3) is 0 Å². The highest BCUT2D eigenvalue weighted by Crippen LogP contribution is 1.96. The normalized spacial score (nSPS) is 13.1. The predicted molar refractivity (Wildman–Crippen MR) is 54.0 cm³/mol. The number of likely N-dealkylation sites (N-methyl/N-ethyl adjacent to an activating group) is 1. The Labute approximate surface area is 89.5 Å². The molecule has 2 N–H and O–H groups in total. The van der Waals surface area contributed by atoms with Crippen molar-refractivity contribution in [2.24, 2.45) is 5.73 Å². The molecule has 15 heavy (non-hydrogen) atoms. The minimum absolute atomic E-state index is 0.287. The van der Waals surface area contributed by atoms with Crippen molar-refractivity contribution >= 4 is 12.1 Å². The summed E-state index contributed by atoms with van der Waals surface area (Å²) in [5.74, 6) is -0.581. The molecule has 6 nitrogen and oxygen atoms in total. The van der Waals surface area contributed by atoms with Gasteiger partial charge in [0.15, 0.2) is 6.10 Å². The summed E-state index contributed by atoms with van der Waals surface area (Å²) in [6.07, 6.45) is -1.93. The van der Waals surface area contributed by atoms with Crippen LogP contribution in [0.1, 0.15) is 6.92 Å². The number of carbonyl (C=O) groups excluding carboxylic acids is 2. The summed E-state index contributed by atoms with van der Waals surface area (Å²) in [6.45, 7) is 2.39. The van der Waals surface area contributed by atoms with Crippen molar-refractivity contribution in [3.05, 3.63) is 0 Å². The Kier molecular flexibility index (Phi) is 5.07. The molecule has 0 aliphatic heterocycles. The van der Waals surface area contributed by atoms with Crippen LogP contribution in [-0.2, 0) is 14.3 Å². The highest BCUT2D eigenvalue weighted by atomic mass is 16.6. The van der Waals surface area contributed by atoms with Crippen LogP contribution in [0.3, 0.4) is 0 Å². The van der Waals surface area contributed by atoms with Crippen LogP contribution in [0.25, 0.3) is 0 Å². The van der Waals surface area contributed by atoms with Crippen LogP contribution in [0.5, 0.6) is 0 Å². The molecule has 1 unspecified atom stereocenters. The maximum atomic E-state index is 11.2. The smallest absolute Gasteiger partial charge is 0.405 e. The molecule has 0 fully saturated rings. The number of quaternary nitrogens is 1. The Morgan fingerprint density at radius 2 is 1.87 bits per heavy atom. The van der Waals surface area contributed by atoms with E-state index >= 15 is 0 Å². The van der Waals surface area contributed by atoms with Crippen molar-refractivity contribution in [1.29, 1.82) is 0 Å². The number of ether oxygens (including phenoxy) is 2. The number of primary amides is 1. The third kappa shape index (κ3) is 7.75. The maximum absolute atomic E-state index is 11.2. The van der Waals surface area contributed by atoms with Gasteiger partial charge in [0, 0.05) is 0 Å². The van der Waals surface area contributed by atoms with Gasteiger partial charge in [0.1, 0.15) is 13.2 Å². The first kappa shape index (κ1) is 13.7. The number of nitrogens with two attached hydrogens (primary N) is 1. The SMILES string of the molecule is CC(OC(N)=O)C(=O)OCC[N+](C)(C)C. The number of rotatable bonds is 5. The molecule has 0 rings (SSSR count). The first-order valence-corrected chi connectivity index (χ1v) is 4.65. The van der Waals surface area contributed by atoms with Gasteiger partial charge in [-0.3, -0.25) is 0 Å². The Morgan fingerprint density at radius 3 is 2.27 bits per heavy atom. The molecular weight excluding hydrogens is 200 g/mol. The summed E-state index contributed by atoms with van der Waals surface area (Å²) in [6, 6.07) is 0. The minimum atomic E-state index is -0.981. The van der Waals surface area contributed by atoms with Gasteiger partial charge in [-0.15, -0.1) is 0 Å². The van der Waals surface area contributed by atoms with E-state index in [1.165, 1.54) is 6.92 Å². The van der Waals surface area contributed by atoms with E-state index in [0.717, 1.165) is 0 Å². The Hall–Kier alpha value is -1.30. The van der Waals surface area contributed by atoms with Crippen LogP contribution in [0.2, 0.25) is 0 Å². The van der Waals surface area contributed by atoms with E-state index in [-0.39, 0.29) is 6.61 Å². The van der Waals surface area contributed by atoms with Crippen molar-refractivity contribution in [1.82, 2.24) is 0 Å². The van der Waals surface area contributed by atoms with E-state index in [9.17, 15) is 9.59 Å².